The summed E-state index contributed by atoms with van der Waals surface area (Å²) in [6, 6.07) is 16.3. The van der Waals surface area contributed by atoms with Gasteiger partial charge in [0.2, 0.25) is 0 Å². The van der Waals surface area contributed by atoms with E-state index in [1.807, 2.05) is 30.3 Å². The van der Waals surface area contributed by atoms with E-state index in [1.165, 1.54) is 5.56 Å². The van der Waals surface area contributed by atoms with Gasteiger partial charge in [-0.2, -0.15) is 0 Å². The van der Waals surface area contributed by atoms with Crippen LogP contribution < -0.4 is 15.4 Å². The van der Waals surface area contributed by atoms with E-state index in [0.717, 1.165) is 30.3 Å². The number of hydrogen-bond donors (Lipinski definition) is 1. The summed E-state index contributed by atoms with van der Waals surface area (Å²) in [6.07, 6.45) is 0. The Bertz CT molecular complexity index is 582. The van der Waals surface area contributed by atoms with Crippen molar-refractivity contribution in [2.45, 2.75) is 5.92 Å². The molecule has 1 atom stereocenters. The molecule has 3 rings (SSSR count). The lowest BCUT2D eigenvalue weighted by atomic mass is 10.0. The van der Waals surface area contributed by atoms with E-state index in [0.29, 0.717) is 5.92 Å². The van der Waals surface area contributed by atoms with Crippen LogP contribution in [0.3, 0.4) is 0 Å². The van der Waals surface area contributed by atoms with Gasteiger partial charge in [-0.3, -0.25) is 0 Å². The number of para-hydroxylation sites is 1. The standard InChI is InChI=1S/C16H18N2O/c1-18(14-6-4-5-13(17)9-14)10-12-11-19-16-8-3-2-7-15(12)16/h2-9,12H,10-11,17H2,1H3. The van der Waals surface area contributed by atoms with Crippen molar-refractivity contribution in [1.29, 1.82) is 0 Å². The van der Waals surface area contributed by atoms with Crippen LogP contribution >= 0.6 is 0 Å². The highest BCUT2D eigenvalue weighted by Gasteiger charge is 2.24. The molecule has 0 aliphatic carbocycles. The van der Waals surface area contributed by atoms with E-state index in [2.05, 4.69) is 30.1 Å². The topological polar surface area (TPSA) is 38.5 Å². The molecule has 19 heavy (non-hydrogen) atoms. The lowest BCUT2D eigenvalue weighted by molar-refractivity contribution is 0.332. The van der Waals surface area contributed by atoms with Crippen LogP contribution in [0.4, 0.5) is 11.4 Å². The molecule has 98 valence electrons. The highest BCUT2D eigenvalue weighted by molar-refractivity contribution is 5.56. The van der Waals surface area contributed by atoms with Crippen molar-refractivity contribution in [3.63, 3.8) is 0 Å². The number of likely N-dealkylation sites (N-methyl/N-ethyl adjacent to an activating group) is 1. The number of nitrogens with two attached hydrogens (primary N) is 1. The van der Waals surface area contributed by atoms with Crippen LogP contribution in [-0.2, 0) is 0 Å². The summed E-state index contributed by atoms with van der Waals surface area (Å²) in [7, 11) is 2.09. The predicted octanol–water partition coefficient (Wildman–Crippen LogP) is 2.88. The average Bonchev–Trinajstić information content (AvgIpc) is 2.82. The molecule has 0 radical (unpaired) electrons. The summed E-state index contributed by atoms with van der Waals surface area (Å²) >= 11 is 0. The summed E-state index contributed by atoms with van der Waals surface area (Å²) in [5, 5.41) is 0. The fraction of sp³-hybridized carbons (Fsp3) is 0.250. The first-order chi connectivity index (χ1) is 9.24. The Morgan fingerprint density at radius 2 is 2.05 bits per heavy atom. The number of hydrogen-bond acceptors (Lipinski definition) is 3. The molecule has 1 aliphatic heterocycles. The van der Waals surface area contributed by atoms with Crippen LogP contribution in [0.15, 0.2) is 48.5 Å². The van der Waals surface area contributed by atoms with Gasteiger partial charge in [0.05, 0.1) is 6.61 Å². The van der Waals surface area contributed by atoms with Crippen LogP contribution in [0, 0.1) is 0 Å². The molecule has 0 saturated heterocycles. The van der Waals surface area contributed by atoms with Crippen LogP contribution in [0.25, 0.3) is 0 Å². The molecule has 3 nitrogen and oxygen atoms in total. The van der Waals surface area contributed by atoms with Crippen molar-refractivity contribution in [3.8, 4) is 5.75 Å². The van der Waals surface area contributed by atoms with Gasteiger partial charge >= 0.3 is 0 Å². The molecule has 1 heterocycles. The molecular formula is C16H18N2O. The Labute approximate surface area is 113 Å². The third-order valence-electron chi connectivity index (χ3n) is 3.60. The lowest BCUT2D eigenvalue weighted by Gasteiger charge is -2.23. The second-order valence-electron chi connectivity index (χ2n) is 5.02. The van der Waals surface area contributed by atoms with Gasteiger partial charge in [-0.1, -0.05) is 24.3 Å². The predicted molar refractivity (Wildman–Crippen MR) is 78.8 cm³/mol. The number of ether oxygens (including phenoxy) is 1. The minimum absolute atomic E-state index is 0.419. The van der Waals surface area contributed by atoms with Crippen LogP contribution in [0.5, 0.6) is 5.75 Å². The van der Waals surface area contributed by atoms with Crippen molar-refractivity contribution >= 4 is 11.4 Å². The number of benzene rings is 2. The van der Waals surface area contributed by atoms with Gasteiger partial charge in [0, 0.05) is 36.4 Å². The van der Waals surface area contributed by atoms with Gasteiger partial charge in [-0.15, -0.1) is 0 Å². The van der Waals surface area contributed by atoms with E-state index in [9.17, 15) is 0 Å². The Kier molecular flexibility index (Phi) is 3.03. The normalized spacial score (nSPS) is 16.8. The molecule has 3 heteroatoms. The summed E-state index contributed by atoms with van der Waals surface area (Å²) in [4.78, 5) is 2.23. The minimum Gasteiger partial charge on any atom is -0.493 e. The average molecular weight is 254 g/mol. The zero-order valence-electron chi connectivity index (χ0n) is 11.0. The quantitative estimate of drug-likeness (QED) is 0.856. The van der Waals surface area contributed by atoms with Crippen LogP contribution in [0.1, 0.15) is 11.5 Å². The Balaban J connectivity index is 1.76. The van der Waals surface area contributed by atoms with Gasteiger partial charge in [0.1, 0.15) is 5.75 Å². The number of fused-ring (bicyclic) bond motifs is 1. The molecule has 0 fully saturated rings. The third kappa shape index (κ3) is 2.36. The van der Waals surface area contributed by atoms with E-state index in [4.69, 9.17) is 10.5 Å². The van der Waals surface area contributed by atoms with E-state index >= 15 is 0 Å². The molecule has 1 unspecified atom stereocenters. The summed E-state index contributed by atoms with van der Waals surface area (Å²) in [5.41, 5.74) is 9.08. The first-order valence-corrected chi connectivity index (χ1v) is 6.52. The molecule has 1 aliphatic rings. The third-order valence-corrected chi connectivity index (χ3v) is 3.60. The fourth-order valence-corrected chi connectivity index (χ4v) is 2.58. The SMILES string of the molecule is CN(CC1COc2ccccc21)c1cccc(N)c1. The van der Waals surface area contributed by atoms with Gasteiger partial charge in [-0.05, 0) is 24.3 Å². The number of nitrogens with zero attached hydrogens (tertiary/aromatic N) is 1. The van der Waals surface area contributed by atoms with E-state index in [-0.39, 0.29) is 0 Å². The first kappa shape index (κ1) is 11.9. The highest BCUT2D eigenvalue weighted by atomic mass is 16.5. The molecule has 0 bridgehead atoms. The molecule has 2 N–H and O–H groups in total. The fourth-order valence-electron chi connectivity index (χ4n) is 2.58. The van der Waals surface area contributed by atoms with Crippen molar-refractivity contribution in [1.82, 2.24) is 0 Å². The zero-order chi connectivity index (χ0) is 13.2. The molecule has 0 amide bonds. The van der Waals surface area contributed by atoms with Crippen molar-refractivity contribution in [2.24, 2.45) is 0 Å². The highest BCUT2D eigenvalue weighted by Crippen LogP contribution is 2.34. The summed E-state index contributed by atoms with van der Waals surface area (Å²) in [6.45, 7) is 1.69. The molecule has 2 aromatic rings. The largest absolute Gasteiger partial charge is 0.493 e. The number of anilines is 2. The van der Waals surface area contributed by atoms with Gasteiger partial charge in [-0.25, -0.2) is 0 Å². The number of nitrogen functional groups attached to an aromatic ring is 1. The summed E-state index contributed by atoms with van der Waals surface area (Å²) < 4.78 is 5.72. The second-order valence-corrected chi connectivity index (χ2v) is 5.02. The van der Waals surface area contributed by atoms with Crippen LogP contribution in [0.2, 0.25) is 0 Å². The van der Waals surface area contributed by atoms with Gasteiger partial charge < -0.3 is 15.4 Å². The maximum atomic E-state index is 5.83. The van der Waals surface area contributed by atoms with E-state index < -0.39 is 0 Å². The molecule has 0 spiro atoms. The minimum atomic E-state index is 0.419. The van der Waals surface area contributed by atoms with Crippen LogP contribution in [-0.4, -0.2) is 20.2 Å². The van der Waals surface area contributed by atoms with Crippen molar-refractivity contribution in [2.75, 3.05) is 30.8 Å². The van der Waals surface area contributed by atoms with Crippen molar-refractivity contribution in [3.05, 3.63) is 54.1 Å². The first-order valence-electron chi connectivity index (χ1n) is 6.52. The molecule has 0 aromatic heterocycles. The zero-order valence-corrected chi connectivity index (χ0v) is 11.0. The number of rotatable bonds is 3. The lowest BCUT2D eigenvalue weighted by Crippen LogP contribution is -2.25. The maximum Gasteiger partial charge on any atom is 0.122 e. The Morgan fingerprint density at radius 3 is 2.89 bits per heavy atom. The molecule has 0 saturated carbocycles. The Morgan fingerprint density at radius 1 is 1.21 bits per heavy atom. The van der Waals surface area contributed by atoms with Gasteiger partial charge in [0.15, 0.2) is 0 Å². The monoisotopic (exact) mass is 254 g/mol. The van der Waals surface area contributed by atoms with E-state index in [1.54, 1.807) is 0 Å². The second kappa shape index (κ2) is 4.84. The smallest absolute Gasteiger partial charge is 0.122 e. The molecular weight excluding hydrogens is 236 g/mol. The maximum absolute atomic E-state index is 5.83. The van der Waals surface area contributed by atoms with Gasteiger partial charge in [0.25, 0.3) is 0 Å². The Hall–Kier alpha value is -2.16. The van der Waals surface area contributed by atoms with Crippen molar-refractivity contribution < 1.29 is 4.74 Å². The summed E-state index contributed by atoms with van der Waals surface area (Å²) in [5.74, 6) is 1.44. The molecule has 2 aromatic carbocycles.